The largest absolute Gasteiger partial charge is 0.453 e. The van der Waals surface area contributed by atoms with Crippen molar-refractivity contribution in [1.29, 1.82) is 0 Å². The van der Waals surface area contributed by atoms with Gasteiger partial charge in [0.2, 0.25) is 0 Å². The number of fused-ring (bicyclic) bond motifs is 1. The van der Waals surface area contributed by atoms with Gasteiger partial charge in [0.25, 0.3) is 0 Å². The Labute approximate surface area is 166 Å². The van der Waals surface area contributed by atoms with Crippen molar-refractivity contribution in [2.45, 2.75) is 20.5 Å². The van der Waals surface area contributed by atoms with Crippen LogP contribution in [0.25, 0.3) is 22.5 Å². The van der Waals surface area contributed by atoms with E-state index >= 15 is 0 Å². The van der Waals surface area contributed by atoms with E-state index in [0.29, 0.717) is 28.0 Å². The molecule has 0 unspecified atom stereocenters. The third-order valence-corrected chi connectivity index (χ3v) is 4.74. The summed E-state index contributed by atoms with van der Waals surface area (Å²) in [5, 5.41) is 9.99. The number of rotatable bonds is 4. The zero-order chi connectivity index (χ0) is 20.5. The summed E-state index contributed by atoms with van der Waals surface area (Å²) in [4.78, 5) is 25.0. The predicted molar refractivity (Wildman–Crippen MR) is 107 cm³/mol. The number of aliphatic hydroxyl groups excluding tert-OH is 1. The fourth-order valence-corrected chi connectivity index (χ4v) is 3.10. The number of esters is 1. The van der Waals surface area contributed by atoms with Crippen molar-refractivity contribution in [2.75, 3.05) is 0 Å². The van der Waals surface area contributed by atoms with Gasteiger partial charge in [-0.1, -0.05) is 30.3 Å². The van der Waals surface area contributed by atoms with Crippen LogP contribution in [0.2, 0.25) is 0 Å². The van der Waals surface area contributed by atoms with Gasteiger partial charge < -0.3 is 18.7 Å². The highest BCUT2D eigenvalue weighted by molar-refractivity contribution is 5.91. The molecule has 0 amide bonds. The molecule has 0 spiro atoms. The monoisotopic (exact) mass is 390 g/mol. The van der Waals surface area contributed by atoms with Crippen LogP contribution < -0.4 is 10.4 Å². The molecule has 0 aliphatic rings. The lowest BCUT2D eigenvalue weighted by atomic mass is 10.1. The molecule has 6 heteroatoms. The van der Waals surface area contributed by atoms with Crippen molar-refractivity contribution in [3.05, 3.63) is 87.3 Å². The first-order valence-electron chi connectivity index (χ1n) is 9.03. The number of para-hydroxylation sites is 1. The molecule has 2 heterocycles. The van der Waals surface area contributed by atoms with Gasteiger partial charge in [-0.15, -0.1) is 0 Å². The summed E-state index contributed by atoms with van der Waals surface area (Å²) in [5.41, 5.74) is 1.72. The first kappa shape index (κ1) is 18.7. The molecule has 0 atom stereocenters. The summed E-state index contributed by atoms with van der Waals surface area (Å²) in [6, 6.07) is 15.6. The van der Waals surface area contributed by atoms with Crippen molar-refractivity contribution in [3.8, 4) is 17.3 Å². The SMILES string of the molecule is Cc1c(-c2cc3ccccc3o2)oc(=O)c(C)c1OC(=O)c1ccc(CO)cc1. The Morgan fingerprint density at radius 3 is 2.41 bits per heavy atom. The Balaban J connectivity index is 1.75. The van der Waals surface area contributed by atoms with Crippen LogP contribution in [0.4, 0.5) is 0 Å². The molecule has 0 aliphatic carbocycles. The van der Waals surface area contributed by atoms with E-state index < -0.39 is 11.6 Å². The molecule has 0 saturated heterocycles. The summed E-state index contributed by atoms with van der Waals surface area (Å²) in [5.74, 6) is 0.135. The topological polar surface area (TPSA) is 89.9 Å². The molecular formula is C23H18O6. The van der Waals surface area contributed by atoms with Crippen LogP contribution in [0, 0.1) is 13.8 Å². The minimum Gasteiger partial charge on any atom is -0.453 e. The average molecular weight is 390 g/mol. The van der Waals surface area contributed by atoms with Gasteiger partial charge in [0.05, 0.1) is 17.7 Å². The minimum absolute atomic E-state index is 0.117. The fourth-order valence-electron chi connectivity index (χ4n) is 3.10. The second kappa shape index (κ2) is 7.41. The number of hydrogen-bond acceptors (Lipinski definition) is 6. The Morgan fingerprint density at radius 1 is 1.00 bits per heavy atom. The second-order valence-corrected chi connectivity index (χ2v) is 6.69. The third-order valence-electron chi connectivity index (χ3n) is 4.74. The van der Waals surface area contributed by atoms with Crippen molar-refractivity contribution in [2.24, 2.45) is 0 Å². The molecule has 0 saturated carbocycles. The van der Waals surface area contributed by atoms with Gasteiger partial charge in [-0.2, -0.15) is 0 Å². The van der Waals surface area contributed by atoms with Crippen LogP contribution in [0.3, 0.4) is 0 Å². The standard InChI is InChI=1S/C23H18O6/c1-13-20(28-23(26)16-9-7-15(12-24)8-10-16)14(2)22(25)29-21(13)19-11-17-5-3-4-6-18(17)27-19/h3-11,24H,12H2,1-2H3. The number of furan rings is 1. The van der Waals surface area contributed by atoms with Gasteiger partial charge in [0.1, 0.15) is 11.3 Å². The zero-order valence-corrected chi connectivity index (χ0v) is 15.9. The Morgan fingerprint density at radius 2 is 1.72 bits per heavy atom. The van der Waals surface area contributed by atoms with Crippen LogP contribution in [0.5, 0.6) is 5.75 Å². The molecule has 29 heavy (non-hydrogen) atoms. The normalized spacial score (nSPS) is 11.0. The lowest BCUT2D eigenvalue weighted by Crippen LogP contribution is -2.15. The van der Waals surface area contributed by atoms with Crippen molar-refractivity contribution < 1.29 is 23.5 Å². The van der Waals surface area contributed by atoms with E-state index in [9.17, 15) is 9.59 Å². The van der Waals surface area contributed by atoms with E-state index in [2.05, 4.69) is 0 Å². The number of aliphatic hydroxyl groups is 1. The molecule has 0 radical (unpaired) electrons. The molecule has 1 N–H and O–H groups in total. The Bertz CT molecular complexity index is 1230. The molecular weight excluding hydrogens is 372 g/mol. The fraction of sp³-hybridized carbons (Fsp3) is 0.130. The van der Waals surface area contributed by atoms with Crippen molar-refractivity contribution >= 4 is 16.9 Å². The Kier molecular flexibility index (Phi) is 4.78. The van der Waals surface area contributed by atoms with Gasteiger partial charge in [-0.3, -0.25) is 0 Å². The molecule has 0 bridgehead atoms. The van der Waals surface area contributed by atoms with E-state index in [4.69, 9.17) is 18.7 Å². The van der Waals surface area contributed by atoms with Gasteiger partial charge in [-0.05, 0) is 43.7 Å². The molecule has 0 fully saturated rings. The van der Waals surface area contributed by atoms with E-state index in [0.717, 1.165) is 5.39 Å². The quantitative estimate of drug-likeness (QED) is 0.520. The van der Waals surface area contributed by atoms with Crippen LogP contribution in [-0.2, 0) is 6.61 Å². The molecule has 6 nitrogen and oxygen atoms in total. The molecule has 4 aromatic rings. The second-order valence-electron chi connectivity index (χ2n) is 6.69. The summed E-state index contributed by atoms with van der Waals surface area (Å²) in [6.45, 7) is 3.13. The third kappa shape index (κ3) is 3.46. The molecule has 0 aliphatic heterocycles. The van der Waals surface area contributed by atoms with Crippen LogP contribution in [0.1, 0.15) is 27.0 Å². The summed E-state index contributed by atoms with van der Waals surface area (Å²) >= 11 is 0. The minimum atomic E-state index is -0.609. The number of benzene rings is 2. The zero-order valence-electron chi connectivity index (χ0n) is 15.9. The summed E-state index contributed by atoms with van der Waals surface area (Å²) < 4.78 is 16.8. The molecule has 2 aromatic heterocycles. The maximum atomic E-state index is 12.6. The number of carbonyl (C=O) groups excluding carboxylic acids is 1. The Hall–Kier alpha value is -3.64. The van der Waals surface area contributed by atoms with Crippen molar-refractivity contribution in [3.63, 3.8) is 0 Å². The number of hydrogen-bond donors (Lipinski definition) is 1. The van der Waals surface area contributed by atoms with E-state index in [1.165, 1.54) is 0 Å². The molecule has 4 rings (SSSR count). The highest BCUT2D eigenvalue weighted by Gasteiger charge is 2.22. The summed E-state index contributed by atoms with van der Waals surface area (Å²) in [7, 11) is 0. The highest BCUT2D eigenvalue weighted by atomic mass is 16.5. The summed E-state index contributed by atoms with van der Waals surface area (Å²) in [6.07, 6.45) is 0. The number of carbonyl (C=O) groups is 1. The highest BCUT2D eigenvalue weighted by Crippen LogP contribution is 2.34. The molecule has 2 aromatic carbocycles. The lowest BCUT2D eigenvalue weighted by molar-refractivity contribution is 0.0731. The van der Waals surface area contributed by atoms with E-state index in [-0.39, 0.29) is 23.7 Å². The molecule has 146 valence electrons. The van der Waals surface area contributed by atoms with E-state index in [1.54, 1.807) is 44.2 Å². The average Bonchev–Trinajstić information content (AvgIpc) is 3.17. The van der Waals surface area contributed by atoms with Gasteiger partial charge >= 0.3 is 11.6 Å². The van der Waals surface area contributed by atoms with E-state index in [1.807, 2.05) is 24.3 Å². The van der Waals surface area contributed by atoms with Crippen LogP contribution in [-0.4, -0.2) is 11.1 Å². The first-order valence-corrected chi connectivity index (χ1v) is 9.03. The lowest BCUT2D eigenvalue weighted by Gasteiger charge is -2.12. The number of ether oxygens (including phenoxy) is 1. The van der Waals surface area contributed by atoms with Crippen molar-refractivity contribution in [1.82, 2.24) is 0 Å². The van der Waals surface area contributed by atoms with Crippen LogP contribution >= 0.6 is 0 Å². The van der Waals surface area contributed by atoms with Gasteiger partial charge in [0.15, 0.2) is 11.5 Å². The maximum absolute atomic E-state index is 12.6. The van der Waals surface area contributed by atoms with Gasteiger partial charge in [-0.25, -0.2) is 9.59 Å². The smallest absolute Gasteiger partial charge is 0.343 e. The maximum Gasteiger partial charge on any atom is 0.343 e. The predicted octanol–water partition coefficient (Wildman–Crippen LogP) is 4.38. The van der Waals surface area contributed by atoms with Gasteiger partial charge in [0, 0.05) is 10.9 Å². The van der Waals surface area contributed by atoms with Crippen LogP contribution in [0.15, 0.2) is 68.2 Å². The first-order chi connectivity index (χ1) is 14.0.